The Kier molecular flexibility index (Phi) is 7.67. The molecule has 0 heterocycles. The van der Waals surface area contributed by atoms with Gasteiger partial charge in [-0.1, -0.05) is 25.5 Å². The van der Waals surface area contributed by atoms with Crippen molar-refractivity contribution in [3.8, 4) is 0 Å². The maximum Gasteiger partial charge on any atom is 0.276 e. The van der Waals surface area contributed by atoms with E-state index in [0.717, 1.165) is 19.4 Å². The monoisotopic (exact) mass is 306 g/mol. The van der Waals surface area contributed by atoms with Gasteiger partial charge in [0.15, 0.2) is 5.11 Å². The minimum absolute atomic E-state index is 0.0619. The summed E-state index contributed by atoms with van der Waals surface area (Å²) in [7, 11) is 0. The van der Waals surface area contributed by atoms with Gasteiger partial charge in [-0.3, -0.25) is 15.5 Å². The van der Waals surface area contributed by atoms with Crippen LogP contribution in [-0.4, -0.2) is 22.8 Å². The van der Waals surface area contributed by atoms with Gasteiger partial charge in [-0.05, 0) is 36.9 Å². The predicted molar refractivity (Wildman–Crippen MR) is 89.3 cm³/mol. The van der Waals surface area contributed by atoms with Crippen molar-refractivity contribution in [3.05, 3.63) is 46.0 Å². The lowest BCUT2D eigenvalue weighted by Crippen LogP contribution is -2.32. The molecule has 6 nitrogen and oxygen atoms in total. The molecule has 1 rings (SSSR count). The van der Waals surface area contributed by atoms with E-state index in [-0.39, 0.29) is 5.69 Å². The Labute approximate surface area is 129 Å². The van der Waals surface area contributed by atoms with Gasteiger partial charge in [0.2, 0.25) is 0 Å². The second-order valence-electron chi connectivity index (χ2n) is 4.17. The third kappa shape index (κ3) is 6.62. The smallest absolute Gasteiger partial charge is 0.276 e. The number of hydrogen-bond donors (Lipinski definition) is 2. The highest BCUT2D eigenvalue weighted by Gasteiger charge is 2.08. The number of thiocarbonyl (C=S) groups is 1. The highest BCUT2D eigenvalue weighted by molar-refractivity contribution is 7.80. The van der Waals surface area contributed by atoms with E-state index >= 15 is 0 Å². The fourth-order valence-electron chi connectivity index (χ4n) is 1.50. The SMILES string of the molecule is CCCCNC(=S)NN=CC=Cc1ccccc1[N+](=O)[O-]. The Balaban J connectivity index is 2.46. The number of hydrazone groups is 1. The van der Waals surface area contributed by atoms with Crippen LogP contribution in [0.15, 0.2) is 35.4 Å². The molecule has 21 heavy (non-hydrogen) atoms. The molecule has 1 aromatic carbocycles. The summed E-state index contributed by atoms with van der Waals surface area (Å²) in [6.07, 6.45) is 6.87. The quantitative estimate of drug-likeness (QED) is 0.266. The van der Waals surface area contributed by atoms with Gasteiger partial charge in [0.1, 0.15) is 0 Å². The van der Waals surface area contributed by atoms with Crippen molar-refractivity contribution in [2.45, 2.75) is 19.8 Å². The summed E-state index contributed by atoms with van der Waals surface area (Å²) < 4.78 is 0. The molecule has 0 aromatic heterocycles. The molecule has 0 saturated heterocycles. The topological polar surface area (TPSA) is 79.6 Å². The van der Waals surface area contributed by atoms with Gasteiger partial charge in [0, 0.05) is 18.8 Å². The van der Waals surface area contributed by atoms with Gasteiger partial charge in [-0.15, -0.1) is 0 Å². The number of unbranched alkanes of at least 4 members (excludes halogenated alkanes) is 1. The lowest BCUT2D eigenvalue weighted by molar-refractivity contribution is -0.385. The van der Waals surface area contributed by atoms with Crippen LogP contribution in [0.4, 0.5) is 5.69 Å². The summed E-state index contributed by atoms with van der Waals surface area (Å²) in [6, 6.07) is 6.51. The molecule has 0 fully saturated rings. The Bertz CT molecular complexity index is 544. The van der Waals surface area contributed by atoms with Crippen molar-refractivity contribution < 1.29 is 4.92 Å². The molecular weight excluding hydrogens is 288 g/mol. The predicted octanol–water partition coefficient (Wildman–Crippen LogP) is 2.86. The van der Waals surface area contributed by atoms with Gasteiger partial charge in [0.05, 0.1) is 10.5 Å². The van der Waals surface area contributed by atoms with Gasteiger partial charge in [0.25, 0.3) is 5.69 Å². The third-order valence-corrected chi connectivity index (χ3v) is 2.79. The molecule has 0 amide bonds. The molecule has 0 atom stereocenters. The highest BCUT2D eigenvalue weighted by Crippen LogP contribution is 2.18. The Morgan fingerprint density at radius 3 is 2.95 bits per heavy atom. The molecule has 1 aromatic rings. The molecule has 0 unspecified atom stereocenters. The maximum atomic E-state index is 10.8. The first-order chi connectivity index (χ1) is 10.1. The molecule has 0 radical (unpaired) electrons. The lowest BCUT2D eigenvalue weighted by Gasteiger charge is -2.04. The van der Waals surface area contributed by atoms with Crippen molar-refractivity contribution in [2.24, 2.45) is 5.10 Å². The van der Waals surface area contributed by atoms with Crippen LogP contribution in [0.3, 0.4) is 0 Å². The van der Waals surface area contributed by atoms with E-state index in [1.807, 2.05) is 0 Å². The van der Waals surface area contributed by atoms with E-state index in [9.17, 15) is 10.1 Å². The first kappa shape index (κ1) is 16.8. The summed E-state index contributed by atoms with van der Waals surface area (Å²) >= 11 is 5.02. The first-order valence-corrected chi connectivity index (χ1v) is 7.03. The number of nitrogens with one attached hydrogen (secondary N) is 2. The van der Waals surface area contributed by atoms with Gasteiger partial charge in [-0.25, -0.2) is 0 Å². The van der Waals surface area contributed by atoms with Crippen LogP contribution in [0.25, 0.3) is 6.08 Å². The van der Waals surface area contributed by atoms with E-state index in [1.165, 1.54) is 12.3 Å². The molecule has 0 aliphatic carbocycles. The van der Waals surface area contributed by atoms with E-state index in [4.69, 9.17) is 12.2 Å². The molecule has 7 heteroatoms. The minimum atomic E-state index is -0.415. The minimum Gasteiger partial charge on any atom is -0.361 e. The summed E-state index contributed by atoms with van der Waals surface area (Å²) in [4.78, 5) is 10.4. The second-order valence-corrected chi connectivity index (χ2v) is 4.58. The molecule has 112 valence electrons. The molecule has 0 aliphatic heterocycles. The Hall–Kier alpha value is -2.28. The van der Waals surface area contributed by atoms with E-state index in [2.05, 4.69) is 22.8 Å². The van der Waals surface area contributed by atoms with Crippen molar-refractivity contribution in [1.29, 1.82) is 0 Å². The van der Waals surface area contributed by atoms with Gasteiger partial charge < -0.3 is 5.32 Å². The number of allylic oxidation sites excluding steroid dienone is 1. The van der Waals surface area contributed by atoms with E-state index in [1.54, 1.807) is 30.4 Å². The zero-order valence-electron chi connectivity index (χ0n) is 11.8. The molecule has 0 saturated carbocycles. The third-order valence-electron chi connectivity index (χ3n) is 2.55. The maximum absolute atomic E-state index is 10.8. The Morgan fingerprint density at radius 2 is 2.24 bits per heavy atom. The van der Waals surface area contributed by atoms with E-state index in [0.29, 0.717) is 10.7 Å². The molecule has 0 bridgehead atoms. The number of nitro benzene ring substituents is 1. The van der Waals surface area contributed by atoms with Crippen LogP contribution < -0.4 is 10.7 Å². The van der Waals surface area contributed by atoms with Crippen LogP contribution in [-0.2, 0) is 0 Å². The highest BCUT2D eigenvalue weighted by atomic mass is 32.1. The molecule has 0 spiro atoms. The Morgan fingerprint density at radius 1 is 1.48 bits per heavy atom. The largest absolute Gasteiger partial charge is 0.361 e. The van der Waals surface area contributed by atoms with Crippen molar-refractivity contribution in [1.82, 2.24) is 10.7 Å². The standard InChI is InChI=1S/C14H18N4O2S/c1-2-3-10-15-14(21)17-16-11-6-8-12-7-4-5-9-13(12)18(19)20/h4-9,11H,2-3,10H2,1H3,(H2,15,17,21). The first-order valence-electron chi connectivity index (χ1n) is 6.62. The van der Waals surface area contributed by atoms with Crippen molar-refractivity contribution in [2.75, 3.05) is 6.54 Å². The van der Waals surface area contributed by atoms with E-state index < -0.39 is 4.92 Å². The zero-order valence-corrected chi connectivity index (χ0v) is 12.6. The van der Waals surface area contributed by atoms with Gasteiger partial charge in [-0.2, -0.15) is 5.10 Å². The number of nitrogens with zero attached hydrogens (tertiary/aromatic N) is 2. The lowest BCUT2D eigenvalue weighted by atomic mass is 10.2. The summed E-state index contributed by atoms with van der Waals surface area (Å²) in [5.41, 5.74) is 3.26. The molecular formula is C14H18N4O2S. The normalized spacial score (nSPS) is 10.9. The van der Waals surface area contributed by atoms with Crippen LogP contribution in [0.5, 0.6) is 0 Å². The number of nitro groups is 1. The van der Waals surface area contributed by atoms with Crippen LogP contribution >= 0.6 is 12.2 Å². The van der Waals surface area contributed by atoms with Crippen LogP contribution in [0, 0.1) is 10.1 Å². The number of benzene rings is 1. The average molecular weight is 306 g/mol. The summed E-state index contributed by atoms with van der Waals surface area (Å²) in [5, 5.41) is 18.2. The van der Waals surface area contributed by atoms with Crippen molar-refractivity contribution >= 4 is 35.3 Å². The number of hydrogen-bond acceptors (Lipinski definition) is 4. The summed E-state index contributed by atoms with van der Waals surface area (Å²) in [5.74, 6) is 0. The van der Waals surface area contributed by atoms with Crippen molar-refractivity contribution in [3.63, 3.8) is 0 Å². The summed E-state index contributed by atoms with van der Waals surface area (Å²) in [6.45, 7) is 2.91. The second kappa shape index (κ2) is 9.60. The molecule has 2 N–H and O–H groups in total. The van der Waals surface area contributed by atoms with Crippen LogP contribution in [0.2, 0.25) is 0 Å². The van der Waals surface area contributed by atoms with Gasteiger partial charge >= 0.3 is 0 Å². The van der Waals surface area contributed by atoms with Crippen LogP contribution in [0.1, 0.15) is 25.3 Å². The molecule has 0 aliphatic rings. The zero-order chi connectivity index (χ0) is 15.5. The number of rotatable bonds is 7. The number of para-hydroxylation sites is 1. The fraction of sp³-hybridized carbons (Fsp3) is 0.286. The fourth-order valence-corrected chi connectivity index (χ4v) is 1.65. The average Bonchev–Trinajstić information content (AvgIpc) is 2.47.